The van der Waals surface area contributed by atoms with E-state index in [1.54, 1.807) is 36.6 Å². The molecule has 0 unspecified atom stereocenters. The van der Waals surface area contributed by atoms with E-state index in [1.165, 1.54) is 6.21 Å². The molecule has 0 aliphatic carbocycles. The summed E-state index contributed by atoms with van der Waals surface area (Å²) >= 11 is 0. The zero-order chi connectivity index (χ0) is 17.3. The Kier molecular flexibility index (Phi) is 5.46. The Bertz CT molecular complexity index is 894. The Hall–Kier alpha value is -3.53. The molecule has 0 bridgehead atoms. The molecule has 122 valence electrons. The van der Waals surface area contributed by atoms with Gasteiger partial charge in [-0.25, -0.2) is 0 Å². The average molecular weight is 328 g/mol. The van der Waals surface area contributed by atoms with Crippen LogP contribution in [0.25, 0.3) is 6.08 Å². The minimum Gasteiger partial charge on any atom is -0.465 e. The molecule has 0 amide bonds. The summed E-state index contributed by atoms with van der Waals surface area (Å²) in [6.45, 7) is 0. The van der Waals surface area contributed by atoms with Gasteiger partial charge in [0.2, 0.25) is 5.78 Å². The van der Waals surface area contributed by atoms with Gasteiger partial charge in [0, 0.05) is 17.3 Å². The van der Waals surface area contributed by atoms with Crippen LogP contribution in [0, 0.1) is 0 Å². The first-order valence-corrected chi connectivity index (χ1v) is 7.81. The van der Waals surface area contributed by atoms with Gasteiger partial charge >= 0.3 is 0 Å². The van der Waals surface area contributed by atoms with Crippen molar-refractivity contribution in [2.24, 2.45) is 10.2 Å². The summed E-state index contributed by atoms with van der Waals surface area (Å²) in [7, 11) is 0. The summed E-state index contributed by atoms with van der Waals surface area (Å²) in [5.41, 5.74) is 1.60. The molecular formula is C21H16N2O2. The fourth-order valence-electron chi connectivity index (χ4n) is 2.21. The quantitative estimate of drug-likeness (QED) is 0.376. The molecule has 25 heavy (non-hydrogen) atoms. The standard InChI is InChI=1S/C21H16N2O2/c24-21(18-11-5-2-6-12-18)20(17-9-3-1-4-10-17)23-22-15-7-13-19-14-8-16-25-19/h1-16H/b13-7+,22-15-,23-20-. The summed E-state index contributed by atoms with van der Waals surface area (Å²) in [4.78, 5) is 12.8. The maximum absolute atomic E-state index is 12.8. The van der Waals surface area contributed by atoms with Crippen molar-refractivity contribution in [3.8, 4) is 0 Å². The summed E-state index contributed by atoms with van der Waals surface area (Å²) in [6.07, 6.45) is 6.59. The maximum Gasteiger partial charge on any atom is 0.213 e. The van der Waals surface area contributed by atoms with Gasteiger partial charge in [-0.15, -0.1) is 5.10 Å². The van der Waals surface area contributed by atoms with Gasteiger partial charge in [-0.05, 0) is 24.3 Å². The second-order valence-corrected chi connectivity index (χ2v) is 5.15. The van der Waals surface area contributed by atoms with Crippen molar-refractivity contribution in [2.45, 2.75) is 0 Å². The van der Waals surface area contributed by atoms with Crippen LogP contribution in [0.1, 0.15) is 21.7 Å². The number of rotatable bonds is 6. The van der Waals surface area contributed by atoms with Crippen LogP contribution in [0.4, 0.5) is 0 Å². The third kappa shape index (κ3) is 4.48. The zero-order valence-electron chi connectivity index (χ0n) is 13.4. The van der Waals surface area contributed by atoms with Crippen LogP contribution in [0.5, 0.6) is 0 Å². The van der Waals surface area contributed by atoms with Crippen molar-refractivity contribution in [1.29, 1.82) is 0 Å². The number of hydrogen-bond donors (Lipinski definition) is 0. The van der Waals surface area contributed by atoms with E-state index in [0.29, 0.717) is 11.3 Å². The van der Waals surface area contributed by atoms with Crippen molar-refractivity contribution in [3.63, 3.8) is 0 Å². The van der Waals surface area contributed by atoms with Crippen LogP contribution >= 0.6 is 0 Å². The Morgan fingerprint density at radius 2 is 1.52 bits per heavy atom. The Balaban J connectivity index is 1.85. The molecule has 0 atom stereocenters. The Labute approximate surface area is 145 Å². The van der Waals surface area contributed by atoms with Crippen molar-refractivity contribution in [1.82, 2.24) is 0 Å². The fraction of sp³-hybridized carbons (Fsp3) is 0. The molecule has 0 saturated heterocycles. The number of carbonyl (C=O) groups is 1. The molecule has 3 rings (SSSR count). The highest BCUT2D eigenvalue weighted by Gasteiger charge is 2.15. The van der Waals surface area contributed by atoms with E-state index in [2.05, 4.69) is 10.2 Å². The van der Waals surface area contributed by atoms with Gasteiger partial charge < -0.3 is 4.42 Å². The predicted molar refractivity (Wildman–Crippen MR) is 100.0 cm³/mol. The molecule has 0 aliphatic heterocycles. The molecule has 3 aromatic rings. The number of furan rings is 1. The van der Waals surface area contributed by atoms with Crippen molar-refractivity contribution in [2.75, 3.05) is 0 Å². The van der Waals surface area contributed by atoms with Gasteiger partial charge in [-0.1, -0.05) is 60.7 Å². The van der Waals surface area contributed by atoms with E-state index in [-0.39, 0.29) is 5.78 Å². The van der Waals surface area contributed by atoms with Gasteiger partial charge in [0.15, 0.2) is 0 Å². The van der Waals surface area contributed by atoms with Gasteiger partial charge in [0.05, 0.1) is 6.26 Å². The third-order valence-corrected chi connectivity index (χ3v) is 3.41. The van der Waals surface area contributed by atoms with Crippen molar-refractivity contribution >= 4 is 23.8 Å². The van der Waals surface area contributed by atoms with E-state index in [9.17, 15) is 4.79 Å². The molecule has 0 saturated carbocycles. The molecule has 1 heterocycles. The van der Waals surface area contributed by atoms with Crippen LogP contribution in [0.2, 0.25) is 0 Å². The molecule has 0 radical (unpaired) electrons. The second-order valence-electron chi connectivity index (χ2n) is 5.15. The van der Waals surface area contributed by atoms with E-state index in [4.69, 9.17) is 4.42 Å². The molecule has 0 aliphatic rings. The lowest BCUT2D eigenvalue weighted by Crippen LogP contribution is -2.15. The SMILES string of the molecule is O=C(\C(=N/N=C\C=C\c1ccco1)c1ccccc1)c1ccccc1. The molecule has 4 nitrogen and oxygen atoms in total. The minimum atomic E-state index is -0.168. The lowest BCUT2D eigenvalue weighted by molar-refractivity contribution is 0.106. The molecular weight excluding hydrogens is 312 g/mol. The third-order valence-electron chi connectivity index (χ3n) is 3.41. The van der Waals surface area contributed by atoms with Crippen LogP contribution in [0.15, 0.2) is 99.8 Å². The number of allylic oxidation sites excluding steroid dienone is 1. The topological polar surface area (TPSA) is 54.9 Å². The van der Waals surface area contributed by atoms with E-state index >= 15 is 0 Å². The largest absolute Gasteiger partial charge is 0.465 e. The first kappa shape index (κ1) is 16.3. The van der Waals surface area contributed by atoms with E-state index in [1.807, 2.05) is 54.6 Å². The summed E-state index contributed by atoms with van der Waals surface area (Å²) in [5.74, 6) is 0.554. The molecule has 2 aromatic carbocycles. The van der Waals surface area contributed by atoms with Crippen LogP contribution < -0.4 is 0 Å². The summed E-state index contributed by atoms with van der Waals surface area (Å²) in [6, 6.07) is 22.0. The highest BCUT2D eigenvalue weighted by atomic mass is 16.3. The normalized spacial score (nSPS) is 12.1. The highest BCUT2D eigenvalue weighted by molar-refractivity contribution is 6.51. The molecule has 1 aromatic heterocycles. The zero-order valence-corrected chi connectivity index (χ0v) is 13.4. The van der Waals surface area contributed by atoms with Gasteiger partial charge in [0.25, 0.3) is 0 Å². The van der Waals surface area contributed by atoms with Crippen molar-refractivity contribution < 1.29 is 9.21 Å². The van der Waals surface area contributed by atoms with Gasteiger partial charge in [-0.3, -0.25) is 4.79 Å². The molecule has 4 heteroatoms. The number of benzene rings is 2. The van der Waals surface area contributed by atoms with E-state index < -0.39 is 0 Å². The van der Waals surface area contributed by atoms with Crippen LogP contribution in [-0.2, 0) is 0 Å². The maximum atomic E-state index is 12.8. The van der Waals surface area contributed by atoms with Gasteiger partial charge in [0.1, 0.15) is 11.5 Å². The molecule has 0 spiro atoms. The first-order valence-electron chi connectivity index (χ1n) is 7.81. The molecule has 0 N–H and O–H groups in total. The molecule has 0 fully saturated rings. The number of carbonyl (C=O) groups excluding carboxylic acids is 1. The summed E-state index contributed by atoms with van der Waals surface area (Å²) < 4.78 is 5.19. The number of Topliss-reactive ketones (excluding diaryl/α,β-unsaturated/α-hetero) is 1. The monoisotopic (exact) mass is 328 g/mol. The number of nitrogens with zero attached hydrogens (tertiary/aromatic N) is 2. The fourth-order valence-corrected chi connectivity index (χ4v) is 2.21. The second kappa shape index (κ2) is 8.36. The smallest absolute Gasteiger partial charge is 0.213 e. The predicted octanol–water partition coefficient (Wildman–Crippen LogP) is 4.65. The Morgan fingerprint density at radius 3 is 2.16 bits per heavy atom. The van der Waals surface area contributed by atoms with Crippen LogP contribution in [0.3, 0.4) is 0 Å². The lowest BCUT2D eigenvalue weighted by Gasteiger charge is -2.04. The number of hydrogen-bond acceptors (Lipinski definition) is 4. The number of ketones is 1. The average Bonchev–Trinajstić information content (AvgIpc) is 3.19. The lowest BCUT2D eigenvalue weighted by atomic mass is 10.0. The van der Waals surface area contributed by atoms with Crippen LogP contribution in [-0.4, -0.2) is 17.7 Å². The van der Waals surface area contributed by atoms with E-state index in [0.717, 1.165) is 11.3 Å². The van der Waals surface area contributed by atoms with Crippen molar-refractivity contribution in [3.05, 3.63) is 102 Å². The highest BCUT2D eigenvalue weighted by Crippen LogP contribution is 2.09. The minimum absolute atomic E-state index is 0.168. The first-order chi connectivity index (χ1) is 12.3. The summed E-state index contributed by atoms with van der Waals surface area (Å²) in [5, 5.41) is 8.15. The Morgan fingerprint density at radius 1 is 0.840 bits per heavy atom. The van der Waals surface area contributed by atoms with Gasteiger partial charge in [-0.2, -0.15) is 5.10 Å².